The van der Waals surface area contributed by atoms with Crippen molar-refractivity contribution in [3.63, 3.8) is 0 Å². The van der Waals surface area contributed by atoms with Gasteiger partial charge in [-0.05, 0) is 47.4 Å². The van der Waals surface area contributed by atoms with Crippen LogP contribution in [0.3, 0.4) is 0 Å². The third-order valence-corrected chi connectivity index (χ3v) is 6.25. The van der Waals surface area contributed by atoms with E-state index in [1.54, 1.807) is 11.0 Å². The standard InChI is InChI=1S/C26H31N3O3/c1-15(2)18-10-7-11-19(16(3)4)23(18)28-22(30)14-27-25(31)24-20-8-5-6-9-21(20)26(32)29(24)17-12-13-17/h5-11,15-17,24H,12-14H2,1-4H3,(H,27,31)(H,28,30). The highest BCUT2D eigenvalue weighted by atomic mass is 16.2. The van der Waals surface area contributed by atoms with Gasteiger partial charge in [0.1, 0.15) is 6.04 Å². The third kappa shape index (κ3) is 4.14. The highest BCUT2D eigenvalue weighted by Gasteiger charge is 2.47. The van der Waals surface area contributed by atoms with Gasteiger partial charge >= 0.3 is 0 Å². The van der Waals surface area contributed by atoms with Crippen LogP contribution in [0.15, 0.2) is 42.5 Å². The van der Waals surface area contributed by atoms with Crippen LogP contribution in [0.25, 0.3) is 0 Å². The van der Waals surface area contributed by atoms with Gasteiger partial charge in [0.05, 0.1) is 6.54 Å². The van der Waals surface area contributed by atoms with Gasteiger partial charge in [-0.15, -0.1) is 0 Å². The average molecular weight is 434 g/mol. The zero-order valence-corrected chi connectivity index (χ0v) is 19.1. The second-order valence-corrected chi connectivity index (χ2v) is 9.32. The Kier molecular flexibility index (Phi) is 6.04. The Morgan fingerprint density at radius 3 is 2.19 bits per heavy atom. The van der Waals surface area contributed by atoms with Crippen LogP contribution in [0.2, 0.25) is 0 Å². The smallest absolute Gasteiger partial charge is 0.255 e. The number of fused-ring (bicyclic) bond motifs is 1. The summed E-state index contributed by atoms with van der Waals surface area (Å²) in [5.74, 6) is -0.172. The highest BCUT2D eigenvalue weighted by molar-refractivity contribution is 6.05. The minimum absolute atomic E-state index is 0.0971. The Labute approximate surface area is 189 Å². The molecule has 0 radical (unpaired) electrons. The molecule has 1 fully saturated rings. The summed E-state index contributed by atoms with van der Waals surface area (Å²) in [5, 5.41) is 5.80. The summed E-state index contributed by atoms with van der Waals surface area (Å²) in [5.41, 5.74) is 4.28. The second kappa shape index (κ2) is 8.77. The summed E-state index contributed by atoms with van der Waals surface area (Å²) in [6.07, 6.45) is 1.82. The van der Waals surface area contributed by atoms with E-state index in [1.807, 2.05) is 36.4 Å². The molecular formula is C26H31N3O3. The normalized spacial score (nSPS) is 17.6. The summed E-state index contributed by atoms with van der Waals surface area (Å²) in [6, 6.07) is 12.7. The van der Waals surface area contributed by atoms with E-state index in [9.17, 15) is 14.4 Å². The average Bonchev–Trinajstić information content (AvgIpc) is 3.56. The number of hydrogen-bond acceptors (Lipinski definition) is 3. The fraction of sp³-hybridized carbons (Fsp3) is 0.423. The molecule has 168 valence electrons. The molecule has 1 heterocycles. The van der Waals surface area contributed by atoms with Gasteiger partial charge in [0.2, 0.25) is 11.8 Å². The van der Waals surface area contributed by atoms with Crippen LogP contribution in [0.5, 0.6) is 0 Å². The lowest BCUT2D eigenvalue weighted by molar-refractivity contribution is -0.127. The minimum Gasteiger partial charge on any atom is -0.345 e. The van der Waals surface area contributed by atoms with Gasteiger partial charge in [0.15, 0.2) is 0 Å². The van der Waals surface area contributed by atoms with Crippen molar-refractivity contribution in [2.24, 2.45) is 0 Å². The van der Waals surface area contributed by atoms with E-state index in [2.05, 4.69) is 38.3 Å². The zero-order chi connectivity index (χ0) is 23.0. The first-order valence-electron chi connectivity index (χ1n) is 11.4. The molecule has 1 saturated carbocycles. The van der Waals surface area contributed by atoms with Gasteiger partial charge in [0.25, 0.3) is 5.91 Å². The number of anilines is 1. The molecule has 6 heteroatoms. The lowest BCUT2D eigenvalue weighted by Gasteiger charge is -2.24. The fourth-order valence-corrected chi connectivity index (χ4v) is 4.48. The lowest BCUT2D eigenvalue weighted by atomic mass is 9.92. The van der Waals surface area contributed by atoms with Crippen molar-refractivity contribution in [2.45, 2.75) is 64.5 Å². The van der Waals surface area contributed by atoms with Crippen molar-refractivity contribution in [2.75, 3.05) is 11.9 Å². The lowest BCUT2D eigenvalue weighted by Crippen LogP contribution is -2.42. The minimum atomic E-state index is -0.673. The monoisotopic (exact) mass is 433 g/mol. The SMILES string of the molecule is CC(C)c1cccc(C(C)C)c1NC(=O)CNC(=O)C1c2ccccc2C(=O)N1C1CC1. The molecule has 0 aromatic heterocycles. The first-order chi connectivity index (χ1) is 15.3. The van der Waals surface area contributed by atoms with Crippen molar-refractivity contribution in [1.29, 1.82) is 0 Å². The van der Waals surface area contributed by atoms with E-state index >= 15 is 0 Å². The van der Waals surface area contributed by atoms with Gasteiger partial charge in [-0.1, -0.05) is 64.1 Å². The first-order valence-corrected chi connectivity index (χ1v) is 11.4. The summed E-state index contributed by atoms with van der Waals surface area (Å²) in [6.45, 7) is 8.24. The number of carbonyl (C=O) groups is 3. The maximum atomic E-state index is 13.1. The summed E-state index contributed by atoms with van der Waals surface area (Å²) in [7, 11) is 0. The van der Waals surface area contributed by atoms with Gasteiger partial charge in [-0.3, -0.25) is 14.4 Å². The molecule has 4 rings (SSSR count). The zero-order valence-electron chi connectivity index (χ0n) is 19.1. The molecule has 1 unspecified atom stereocenters. The van der Waals surface area contributed by atoms with Crippen molar-refractivity contribution in [3.05, 3.63) is 64.7 Å². The summed E-state index contributed by atoms with van der Waals surface area (Å²) >= 11 is 0. The van der Waals surface area contributed by atoms with E-state index in [4.69, 9.17) is 0 Å². The number of para-hydroxylation sites is 1. The first kappa shape index (κ1) is 22.1. The maximum Gasteiger partial charge on any atom is 0.255 e. The van der Waals surface area contributed by atoms with E-state index in [0.29, 0.717) is 5.56 Å². The highest BCUT2D eigenvalue weighted by Crippen LogP contribution is 2.42. The number of amides is 3. The molecule has 32 heavy (non-hydrogen) atoms. The molecule has 1 aliphatic heterocycles. The predicted octanol–water partition coefficient (Wildman–Crippen LogP) is 4.35. The van der Waals surface area contributed by atoms with Crippen molar-refractivity contribution < 1.29 is 14.4 Å². The van der Waals surface area contributed by atoms with E-state index < -0.39 is 6.04 Å². The van der Waals surface area contributed by atoms with Crippen LogP contribution in [0.1, 0.15) is 85.5 Å². The molecule has 3 amide bonds. The summed E-state index contributed by atoms with van der Waals surface area (Å²) in [4.78, 5) is 40.5. The molecule has 2 aromatic carbocycles. The molecule has 1 atom stereocenters. The van der Waals surface area contributed by atoms with Gasteiger partial charge in [-0.2, -0.15) is 0 Å². The maximum absolute atomic E-state index is 13.1. The molecule has 0 bridgehead atoms. The molecule has 0 saturated heterocycles. The molecule has 2 N–H and O–H groups in total. The van der Waals surface area contributed by atoms with Crippen molar-refractivity contribution in [3.8, 4) is 0 Å². The second-order valence-electron chi connectivity index (χ2n) is 9.32. The number of nitrogens with zero attached hydrogens (tertiary/aromatic N) is 1. The molecule has 6 nitrogen and oxygen atoms in total. The Morgan fingerprint density at radius 1 is 0.969 bits per heavy atom. The van der Waals surface area contributed by atoms with Crippen LogP contribution in [0, 0.1) is 0 Å². The van der Waals surface area contributed by atoms with Gasteiger partial charge in [-0.25, -0.2) is 0 Å². The van der Waals surface area contributed by atoms with Gasteiger partial charge < -0.3 is 15.5 Å². The van der Waals surface area contributed by atoms with Crippen molar-refractivity contribution in [1.82, 2.24) is 10.2 Å². The largest absolute Gasteiger partial charge is 0.345 e. The summed E-state index contributed by atoms with van der Waals surface area (Å²) < 4.78 is 0. The van der Waals surface area contributed by atoms with E-state index in [0.717, 1.165) is 35.2 Å². The fourth-order valence-electron chi connectivity index (χ4n) is 4.48. The predicted molar refractivity (Wildman–Crippen MR) is 125 cm³/mol. The van der Waals surface area contributed by atoms with Crippen LogP contribution in [-0.4, -0.2) is 35.2 Å². The van der Waals surface area contributed by atoms with Crippen LogP contribution in [-0.2, 0) is 9.59 Å². The Bertz CT molecular complexity index is 1030. The van der Waals surface area contributed by atoms with E-state index in [-0.39, 0.29) is 42.1 Å². The number of hydrogen-bond donors (Lipinski definition) is 2. The molecule has 2 aliphatic rings. The van der Waals surface area contributed by atoms with Crippen LogP contribution < -0.4 is 10.6 Å². The number of rotatable bonds is 7. The number of nitrogens with one attached hydrogen (secondary N) is 2. The Balaban J connectivity index is 1.48. The molecule has 0 spiro atoms. The van der Waals surface area contributed by atoms with Crippen molar-refractivity contribution >= 4 is 23.4 Å². The van der Waals surface area contributed by atoms with Gasteiger partial charge in [0, 0.05) is 17.3 Å². The molecular weight excluding hydrogens is 402 g/mol. The van der Waals surface area contributed by atoms with E-state index in [1.165, 1.54) is 0 Å². The molecule has 1 aliphatic carbocycles. The van der Waals surface area contributed by atoms with Crippen LogP contribution >= 0.6 is 0 Å². The topological polar surface area (TPSA) is 78.5 Å². The van der Waals surface area contributed by atoms with Crippen LogP contribution in [0.4, 0.5) is 5.69 Å². The number of carbonyl (C=O) groups excluding carboxylic acids is 3. The quantitative estimate of drug-likeness (QED) is 0.681. The molecule has 2 aromatic rings. The third-order valence-electron chi connectivity index (χ3n) is 6.25. The Morgan fingerprint density at radius 2 is 1.59 bits per heavy atom. The Hall–Kier alpha value is -3.15. The number of benzene rings is 2.